The average Bonchev–Trinajstić information content (AvgIpc) is 2.02. The number of halogens is 1. The Morgan fingerprint density at radius 2 is 2.14 bits per heavy atom. The zero-order chi connectivity index (χ0) is 11.0. The third-order valence-electron chi connectivity index (χ3n) is 2.25. The Morgan fingerprint density at radius 3 is 2.57 bits per heavy atom. The van der Waals surface area contributed by atoms with E-state index in [0.717, 1.165) is 0 Å². The summed E-state index contributed by atoms with van der Waals surface area (Å²) < 4.78 is 0. The van der Waals surface area contributed by atoms with Crippen molar-refractivity contribution in [3.8, 4) is 0 Å². The highest BCUT2D eigenvalue weighted by molar-refractivity contribution is 6.26. The molecule has 2 N–H and O–H groups in total. The SMILES string of the molecule is CC(C)(C)C1(Cl)C=C(C(=O)O)C=CN1. The smallest absolute Gasteiger partial charge is 0.335 e. The van der Waals surface area contributed by atoms with E-state index in [9.17, 15) is 4.79 Å². The summed E-state index contributed by atoms with van der Waals surface area (Å²) >= 11 is 6.29. The number of alkyl halides is 1. The van der Waals surface area contributed by atoms with Crippen LogP contribution in [0.15, 0.2) is 23.9 Å². The summed E-state index contributed by atoms with van der Waals surface area (Å²) in [6.45, 7) is 5.84. The molecule has 0 aliphatic carbocycles. The number of carbonyl (C=O) groups is 1. The van der Waals surface area contributed by atoms with Crippen LogP contribution >= 0.6 is 11.6 Å². The zero-order valence-corrected chi connectivity index (χ0v) is 9.22. The minimum Gasteiger partial charge on any atom is -0.478 e. The van der Waals surface area contributed by atoms with Gasteiger partial charge in [0.05, 0.1) is 5.57 Å². The van der Waals surface area contributed by atoms with Crippen LogP contribution in [0, 0.1) is 5.41 Å². The van der Waals surface area contributed by atoms with Crippen molar-refractivity contribution in [2.45, 2.75) is 25.8 Å². The van der Waals surface area contributed by atoms with Gasteiger partial charge in [-0.05, 0) is 18.4 Å². The fourth-order valence-corrected chi connectivity index (χ4v) is 1.30. The third kappa shape index (κ3) is 1.93. The molecule has 1 aliphatic heterocycles. The van der Waals surface area contributed by atoms with E-state index in [2.05, 4.69) is 5.32 Å². The van der Waals surface area contributed by atoms with Crippen LogP contribution in [-0.2, 0) is 4.79 Å². The molecule has 0 aromatic rings. The van der Waals surface area contributed by atoms with Crippen LogP contribution in [0.3, 0.4) is 0 Å². The number of dihydropyridines is 1. The van der Waals surface area contributed by atoms with Crippen molar-refractivity contribution < 1.29 is 9.90 Å². The van der Waals surface area contributed by atoms with Gasteiger partial charge in [0.25, 0.3) is 0 Å². The Bertz CT molecular complexity index is 315. The van der Waals surface area contributed by atoms with E-state index in [1.165, 1.54) is 12.2 Å². The lowest BCUT2D eigenvalue weighted by Gasteiger charge is -2.39. The van der Waals surface area contributed by atoms with Gasteiger partial charge < -0.3 is 10.4 Å². The lowest BCUT2D eigenvalue weighted by atomic mass is 9.84. The van der Waals surface area contributed by atoms with Crippen LogP contribution in [0.5, 0.6) is 0 Å². The van der Waals surface area contributed by atoms with Crippen molar-refractivity contribution in [2.24, 2.45) is 5.41 Å². The number of carboxylic acids is 1. The Hall–Kier alpha value is -0.960. The number of hydrogen-bond acceptors (Lipinski definition) is 2. The van der Waals surface area contributed by atoms with Gasteiger partial charge in [0.2, 0.25) is 0 Å². The highest BCUT2D eigenvalue weighted by atomic mass is 35.5. The van der Waals surface area contributed by atoms with Gasteiger partial charge in [0.1, 0.15) is 5.00 Å². The van der Waals surface area contributed by atoms with E-state index in [1.807, 2.05) is 20.8 Å². The molecule has 1 atom stereocenters. The molecule has 14 heavy (non-hydrogen) atoms. The summed E-state index contributed by atoms with van der Waals surface area (Å²) in [6.07, 6.45) is 4.60. The van der Waals surface area contributed by atoms with E-state index in [-0.39, 0.29) is 11.0 Å². The third-order valence-corrected chi connectivity index (χ3v) is 3.03. The molecule has 0 aromatic carbocycles. The second kappa shape index (κ2) is 3.31. The molecule has 78 valence electrons. The van der Waals surface area contributed by atoms with Crippen molar-refractivity contribution in [1.82, 2.24) is 5.32 Å². The first kappa shape index (κ1) is 11.1. The minimum atomic E-state index is -0.961. The predicted octanol–water partition coefficient (Wildman–Crippen LogP) is 2.10. The first-order valence-electron chi connectivity index (χ1n) is 4.35. The molecule has 0 bridgehead atoms. The summed E-state index contributed by atoms with van der Waals surface area (Å²) in [4.78, 5) is 9.93. The fraction of sp³-hybridized carbons (Fsp3) is 0.500. The van der Waals surface area contributed by atoms with Gasteiger partial charge in [0, 0.05) is 5.41 Å². The highest BCUT2D eigenvalue weighted by Gasteiger charge is 2.39. The van der Waals surface area contributed by atoms with E-state index >= 15 is 0 Å². The topological polar surface area (TPSA) is 49.3 Å². The van der Waals surface area contributed by atoms with Gasteiger partial charge in [-0.3, -0.25) is 0 Å². The number of nitrogens with one attached hydrogen (secondary N) is 1. The Balaban J connectivity index is 3.06. The van der Waals surface area contributed by atoms with Crippen molar-refractivity contribution >= 4 is 17.6 Å². The van der Waals surface area contributed by atoms with E-state index in [0.29, 0.717) is 0 Å². The quantitative estimate of drug-likeness (QED) is 0.520. The van der Waals surface area contributed by atoms with Crippen LogP contribution in [0.25, 0.3) is 0 Å². The van der Waals surface area contributed by atoms with Crippen LogP contribution in [0.4, 0.5) is 0 Å². The molecule has 1 unspecified atom stereocenters. The van der Waals surface area contributed by atoms with Gasteiger partial charge >= 0.3 is 5.97 Å². The lowest BCUT2D eigenvalue weighted by Crippen LogP contribution is -2.48. The average molecular weight is 216 g/mol. The molecule has 0 saturated heterocycles. The molecular formula is C10H14ClNO2. The minimum absolute atomic E-state index is 0.216. The van der Waals surface area contributed by atoms with Crippen molar-refractivity contribution in [3.05, 3.63) is 23.9 Å². The molecule has 0 saturated carbocycles. The fourth-order valence-electron chi connectivity index (χ4n) is 1.12. The summed E-state index contributed by atoms with van der Waals surface area (Å²) in [5, 5.41) is 11.8. The van der Waals surface area contributed by atoms with E-state index in [4.69, 9.17) is 16.7 Å². The van der Waals surface area contributed by atoms with Crippen molar-refractivity contribution in [2.75, 3.05) is 0 Å². The summed E-state index contributed by atoms with van der Waals surface area (Å²) in [5.74, 6) is -0.961. The molecule has 0 amide bonds. The van der Waals surface area contributed by atoms with E-state index < -0.39 is 11.0 Å². The lowest BCUT2D eigenvalue weighted by molar-refractivity contribution is -0.132. The molecule has 1 aliphatic rings. The standard InChI is InChI=1S/C10H14ClNO2/c1-9(2,3)10(11)6-7(8(13)14)4-5-12-10/h4-6,12H,1-3H3,(H,13,14). The van der Waals surface area contributed by atoms with Gasteiger partial charge in [0.15, 0.2) is 0 Å². The van der Waals surface area contributed by atoms with Crippen molar-refractivity contribution in [1.29, 1.82) is 0 Å². The summed E-state index contributed by atoms with van der Waals surface area (Å²) in [6, 6.07) is 0. The number of carboxylic acid groups (broad SMARTS) is 1. The van der Waals surface area contributed by atoms with Crippen LogP contribution in [0.1, 0.15) is 20.8 Å². The molecule has 3 nitrogen and oxygen atoms in total. The van der Waals surface area contributed by atoms with Gasteiger partial charge in [-0.1, -0.05) is 32.4 Å². The molecule has 1 rings (SSSR count). The molecule has 0 aromatic heterocycles. The molecule has 1 heterocycles. The van der Waals surface area contributed by atoms with Gasteiger partial charge in [-0.25, -0.2) is 4.79 Å². The second-order valence-electron chi connectivity index (χ2n) is 4.34. The zero-order valence-electron chi connectivity index (χ0n) is 8.47. The largest absolute Gasteiger partial charge is 0.478 e. The maximum atomic E-state index is 10.8. The molecular weight excluding hydrogens is 202 g/mol. The second-order valence-corrected chi connectivity index (χ2v) is 4.94. The van der Waals surface area contributed by atoms with Crippen LogP contribution in [0.2, 0.25) is 0 Å². The Kier molecular flexibility index (Phi) is 2.63. The highest BCUT2D eigenvalue weighted by Crippen LogP contribution is 2.37. The normalized spacial score (nSPS) is 26.7. The predicted molar refractivity (Wildman–Crippen MR) is 56.0 cm³/mol. The maximum absolute atomic E-state index is 10.8. The monoisotopic (exact) mass is 215 g/mol. The first-order chi connectivity index (χ1) is 6.26. The van der Waals surface area contributed by atoms with Gasteiger partial charge in [-0.15, -0.1) is 0 Å². The number of hydrogen-bond donors (Lipinski definition) is 2. The van der Waals surface area contributed by atoms with Gasteiger partial charge in [-0.2, -0.15) is 0 Å². The first-order valence-corrected chi connectivity index (χ1v) is 4.73. The Morgan fingerprint density at radius 1 is 1.57 bits per heavy atom. The molecule has 0 radical (unpaired) electrons. The van der Waals surface area contributed by atoms with Crippen LogP contribution in [-0.4, -0.2) is 16.1 Å². The number of rotatable bonds is 1. The molecule has 4 heteroatoms. The Labute approximate surface area is 88.4 Å². The summed E-state index contributed by atoms with van der Waals surface area (Å²) in [7, 11) is 0. The molecule has 0 spiro atoms. The molecule has 0 fully saturated rings. The number of aliphatic carboxylic acids is 1. The maximum Gasteiger partial charge on any atom is 0.335 e. The summed E-state index contributed by atoms with van der Waals surface area (Å²) in [5.41, 5.74) is -0.0475. The van der Waals surface area contributed by atoms with Crippen LogP contribution < -0.4 is 5.32 Å². The van der Waals surface area contributed by atoms with Crippen molar-refractivity contribution in [3.63, 3.8) is 0 Å². The van der Waals surface area contributed by atoms with E-state index in [1.54, 1.807) is 6.20 Å².